The van der Waals surface area contributed by atoms with Gasteiger partial charge in [-0.2, -0.15) is 0 Å². The number of hydrogen-bond donors (Lipinski definition) is 1. The zero-order valence-corrected chi connectivity index (χ0v) is 17.4. The summed E-state index contributed by atoms with van der Waals surface area (Å²) in [4.78, 5) is 13.8. The van der Waals surface area contributed by atoms with E-state index >= 15 is 0 Å². The maximum Gasteiger partial charge on any atom is 0.267 e. The average molecular weight is 455 g/mol. The molecule has 0 bridgehead atoms. The number of likely N-dealkylation sites (N-methyl/N-ethyl adjacent to an activating group) is 1. The van der Waals surface area contributed by atoms with Gasteiger partial charge in [0.15, 0.2) is 6.10 Å². The molecule has 2 aromatic rings. The summed E-state index contributed by atoms with van der Waals surface area (Å²) in [6, 6.07) is 9.54. The number of anilines is 2. The molecule has 2 aromatic carbocycles. The topological polar surface area (TPSA) is 84.9 Å². The molecule has 1 atom stereocenters. The summed E-state index contributed by atoms with van der Waals surface area (Å²) in [5.74, 6) is 0.811. The molecule has 1 aliphatic rings. The number of rotatable bonds is 5. The predicted octanol–water partition coefficient (Wildman–Crippen LogP) is 3.39. The van der Waals surface area contributed by atoms with Gasteiger partial charge in [0, 0.05) is 23.3 Å². The second-order valence-electron chi connectivity index (χ2n) is 6.00. The Morgan fingerprint density at radius 3 is 2.52 bits per heavy atom. The second kappa shape index (κ2) is 7.40. The van der Waals surface area contributed by atoms with Crippen LogP contribution in [0.5, 0.6) is 11.5 Å². The van der Waals surface area contributed by atoms with Crippen LogP contribution in [0.2, 0.25) is 0 Å². The lowest BCUT2D eigenvalue weighted by Gasteiger charge is -2.32. The molecule has 7 nitrogen and oxygen atoms in total. The van der Waals surface area contributed by atoms with Crippen molar-refractivity contribution in [1.29, 1.82) is 0 Å². The van der Waals surface area contributed by atoms with Crippen molar-refractivity contribution in [2.24, 2.45) is 0 Å². The molecule has 1 aliphatic heterocycles. The van der Waals surface area contributed by atoms with Gasteiger partial charge in [0.2, 0.25) is 0 Å². The monoisotopic (exact) mass is 454 g/mol. The van der Waals surface area contributed by atoms with Crippen molar-refractivity contribution >= 4 is 43.2 Å². The number of hydrogen-bond acceptors (Lipinski definition) is 5. The summed E-state index contributed by atoms with van der Waals surface area (Å²) < 4.78 is 39.4. The molecule has 0 aromatic heterocycles. The molecule has 0 saturated heterocycles. The van der Waals surface area contributed by atoms with Crippen LogP contribution in [-0.2, 0) is 14.8 Å². The third kappa shape index (κ3) is 3.74. The molecule has 0 saturated carbocycles. The molecule has 0 fully saturated rings. The van der Waals surface area contributed by atoms with E-state index in [2.05, 4.69) is 20.7 Å². The summed E-state index contributed by atoms with van der Waals surface area (Å²) in [6.07, 6.45) is -0.140. The van der Waals surface area contributed by atoms with Crippen molar-refractivity contribution in [3.05, 3.63) is 40.9 Å². The van der Waals surface area contributed by atoms with Crippen LogP contribution in [0.3, 0.4) is 0 Å². The van der Waals surface area contributed by atoms with Gasteiger partial charge in [-0.3, -0.25) is 9.52 Å². The van der Waals surface area contributed by atoms with Crippen LogP contribution in [-0.4, -0.2) is 34.6 Å². The molecule has 0 radical (unpaired) electrons. The fourth-order valence-electron chi connectivity index (χ4n) is 2.75. The number of carbonyl (C=O) groups is 1. The molecule has 144 valence electrons. The second-order valence-corrected chi connectivity index (χ2v) is 8.50. The fourth-order valence-corrected chi connectivity index (χ4v) is 4.86. The first kappa shape index (κ1) is 19.5. The highest BCUT2D eigenvalue weighted by atomic mass is 79.9. The summed E-state index contributed by atoms with van der Waals surface area (Å²) in [7, 11) is -0.696. The standard InChI is InChI=1S/C18H19BrN2O5S/c1-4-15-18(22)21(2)14-9-13(19)17(10-16(14)26-15)27(23,24)20-11-5-7-12(25-3)8-6-11/h5-10,15,20H,4H2,1-3H3. The minimum atomic E-state index is -3.87. The molecule has 0 spiro atoms. The molecule has 1 heterocycles. The van der Waals surface area contributed by atoms with E-state index in [-0.39, 0.29) is 10.8 Å². The highest BCUT2D eigenvalue weighted by Crippen LogP contribution is 2.40. The summed E-state index contributed by atoms with van der Waals surface area (Å²) in [5.41, 5.74) is 0.917. The number of ether oxygens (including phenoxy) is 2. The van der Waals surface area contributed by atoms with Crippen LogP contribution in [0.1, 0.15) is 13.3 Å². The lowest BCUT2D eigenvalue weighted by molar-refractivity contribution is -0.126. The Hall–Kier alpha value is -2.26. The van der Waals surface area contributed by atoms with Crippen molar-refractivity contribution in [2.75, 3.05) is 23.8 Å². The minimum Gasteiger partial charge on any atom is -0.497 e. The van der Waals surface area contributed by atoms with Crippen LogP contribution < -0.4 is 19.1 Å². The molecule has 1 unspecified atom stereocenters. The average Bonchev–Trinajstić information content (AvgIpc) is 2.65. The van der Waals surface area contributed by atoms with E-state index in [1.54, 1.807) is 37.4 Å². The third-order valence-electron chi connectivity index (χ3n) is 4.25. The number of methoxy groups -OCH3 is 1. The SMILES string of the molecule is CCC1Oc2cc(S(=O)(=O)Nc3ccc(OC)cc3)c(Br)cc2N(C)C1=O. The van der Waals surface area contributed by atoms with Crippen molar-refractivity contribution in [1.82, 2.24) is 0 Å². The Balaban J connectivity index is 1.97. The lowest BCUT2D eigenvalue weighted by atomic mass is 10.1. The summed E-state index contributed by atoms with van der Waals surface area (Å²) in [6.45, 7) is 1.84. The Morgan fingerprint density at radius 1 is 1.26 bits per heavy atom. The van der Waals surface area contributed by atoms with E-state index in [1.165, 1.54) is 18.1 Å². The smallest absolute Gasteiger partial charge is 0.267 e. The Kier molecular flexibility index (Phi) is 5.34. The molecular formula is C18H19BrN2O5S. The number of nitrogens with zero attached hydrogens (tertiary/aromatic N) is 1. The maximum atomic E-state index is 12.9. The Bertz CT molecular complexity index is 976. The number of benzene rings is 2. The number of fused-ring (bicyclic) bond motifs is 1. The quantitative estimate of drug-likeness (QED) is 0.747. The highest BCUT2D eigenvalue weighted by molar-refractivity contribution is 9.10. The molecule has 1 N–H and O–H groups in total. The van der Waals surface area contributed by atoms with Gasteiger partial charge in [0.05, 0.1) is 12.8 Å². The van der Waals surface area contributed by atoms with Crippen molar-refractivity contribution in [3.8, 4) is 11.5 Å². The summed E-state index contributed by atoms with van der Waals surface area (Å²) >= 11 is 3.29. The van der Waals surface area contributed by atoms with E-state index in [4.69, 9.17) is 9.47 Å². The third-order valence-corrected chi connectivity index (χ3v) is 6.59. The first-order chi connectivity index (χ1) is 12.8. The van der Waals surface area contributed by atoms with Gasteiger partial charge in [-0.1, -0.05) is 6.92 Å². The maximum absolute atomic E-state index is 12.9. The minimum absolute atomic E-state index is 0.0228. The van der Waals surface area contributed by atoms with E-state index < -0.39 is 16.1 Å². The first-order valence-corrected chi connectivity index (χ1v) is 10.5. The van der Waals surface area contributed by atoms with Gasteiger partial charge < -0.3 is 14.4 Å². The van der Waals surface area contributed by atoms with Crippen LogP contribution in [0.4, 0.5) is 11.4 Å². The van der Waals surface area contributed by atoms with Crippen molar-refractivity contribution in [3.63, 3.8) is 0 Å². The van der Waals surface area contributed by atoms with Gasteiger partial charge in [-0.25, -0.2) is 8.42 Å². The first-order valence-electron chi connectivity index (χ1n) is 8.21. The summed E-state index contributed by atoms with van der Waals surface area (Å²) in [5, 5.41) is 0. The largest absolute Gasteiger partial charge is 0.497 e. The zero-order valence-electron chi connectivity index (χ0n) is 15.0. The molecule has 1 amide bonds. The lowest BCUT2D eigenvalue weighted by Crippen LogP contribution is -2.43. The van der Waals surface area contributed by atoms with Crippen LogP contribution >= 0.6 is 15.9 Å². The zero-order chi connectivity index (χ0) is 19.8. The van der Waals surface area contributed by atoms with Gasteiger partial charge in [-0.15, -0.1) is 0 Å². The number of amides is 1. The van der Waals surface area contributed by atoms with Crippen LogP contribution in [0.25, 0.3) is 0 Å². The van der Waals surface area contributed by atoms with Gasteiger partial charge in [0.1, 0.15) is 16.4 Å². The van der Waals surface area contributed by atoms with Crippen LogP contribution in [0.15, 0.2) is 45.8 Å². The van der Waals surface area contributed by atoms with E-state index in [0.29, 0.717) is 33.8 Å². The number of halogens is 1. The molecular weight excluding hydrogens is 436 g/mol. The van der Waals surface area contributed by atoms with Gasteiger partial charge in [0.25, 0.3) is 15.9 Å². The van der Waals surface area contributed by atoms with E-state index in [0.717, 1.165) is 0 Å². The fraction of sp³-hybridized carbons (Fsp3) is 0.278. The molecule has 9 heteroatoms. The number of sulfonamides is 1. The van der Waals surface area contributed by atoms with E-state index in [1.807, 2.05) is 6.92 Å². The predicted molar refractivity (Wildman–Crippen MR) is 106 cm³/mol. The highest BCUT2D eigenvalue weighted by Gasteiger charge is 2.33. The van der Waals surface area contributed by atoms with Crippen molar-refractivity contribution < 1.29 is 22.7 Å². The van der Waals surface area contributed by atoms with Gasteiger partial charge >= 0.3 is 0 Å². The van der Waals surface area contributed by atoms with E-state index in [9.17, 15) is 13.2 Å². The normalized spacial score (nSPS) is 16.5. The number of nitrogens with one attached hydrogen (secondary N) is 1. The molecule has 27 heavy (non-hydrogen) atoms. The van der Waals surface area contributed by atoms with Crippen molar-refractivity contribution in [2.45, 2.75) is 24.3 Å². The Morgan fingerprint density at radius 2 is 1.93 bits per heavy atom. The molecule has 0 aliphatic carbocycles. The van der Waals surface area contributed by atoms with Crippen LogP contribution in [0, 0.1) is 0 Å². The molecule has 3 rings (SSSR count). The Labute approximate surface area is 166 Å². The number of carbonyl (C=O) groups excluding carboxylic acids is 1. The van der Waals surface area contributed by atoms with Gasteiger partial charge in [-0.05, 0) is 52.7 Å².